The van der Waals surface area contributed by atoms with E-state index in [9.17, 15) is 9.90 Å². The molecule has 0 amide bonds. The quantitative estimate of drug-likeness (QED) is 0.896. The Balaban J connectivity index is 2.30. The molecule has 0 fully saturated rings. The van der Waals surface area contributed by atoms with Gasteiger partial charge in [-0.25, -0.2) is 0 Å². The van der Waals surface area contributed by atoms with Crippen LogP contribution in [-0.2, 0) is 11.2 Å². The molecular formula is C16H16BrNO3. The van der Waals surface area contributed by atoms with Gasteiger partial charge in [-0.1, -0.05) is 12.1 Å². The zero-order chi connectivity index (χ0) is 15.4. The number of nitrogens with zero attached hydrogens (tertiary/aromatic N) is 1. The van der Waals surface area contributed by atoms with Gasteiger partial charge in [0.05, 0.1) is 12.8 Å². The van der Waals surface area contributed by atoms with E-state index in [0.717, 1.165) is 21.3 Å². The van der Waals surface area contributed by atoms with Crippen molar-refractivity contribution in [3.8, 4) is 5.75 Å². The molecule has 5 heteroatoms. The highest BCUT2D eigenvalue weighted by atomic mass is 79.9. The number of halogens is 1. The molecule has 2 aromatic rings. The SMILES string of the molecule is COc1cccc(CC(C(=O)O)c2cc(C)c(Br)cn2)c1. The summed E-state index contributed by atoms with van der Waals surface area (Å²) in [4.78, 5) is 15.8. The van der Waals surface area contributed by atoms with Crippen LogP contribution >= 0.6 is 15.9 Å². The number of aromatic nitrogens is 1. The zero-order valence-corrected chi connectivity index (χ0v) is 13.4. The summed E-state index contributed by atoms with van der Waals surface area (Å²) >= 11 is 3.37. The molecule has 0 aliphatic rings. The van der Waals surface area contributed by atoms with Crippen molar-refractivity contribution in [2.24, 2.45) is 0 Å². The minimum absolute atomic E-state index is 0.376. The van der Waals surface area contributed by atoms with E-state index < -0.39 is 11.9 Å². The lowest BCUT2D eigenvalue weighted by molar-refractivity contribution is -0.138. The van der Waals surface area contributed by atoms with Crippen molar-refractivity contribution in [3.63, 3.8) is 0 Å². The fraction of sp³-hybridized carbons (Fsp3) is 0.250. The first-order valence-electron chi connectivity index (χ1n) is 6.49. The van der Waals surface area contributed by atoms with E-state index in [1.54, 1.807) is 13.3 Å². The lowest BCUT2D eigenvalue weighted by Gasteiger charge is -2.13. The topological polar surface area (TPSA) is 59.4 Å². The van der Waals surface area contributed by atoms with E-state index >= 15 is 0 Å². The van der Waals surface area contributed by atoms with Crippen molar-refractivity contribution in [2.45, 2.75) is 19.3 Å². The second-order valence-electron chi connectivity index (χ2n) is 4.80. The molecule has 1 aromatic carbocycles. The molecule has 0 bridgehead atoms. The van der Waals surface area contributed by atoms with Gasteiger partial charge >= 0.3 is 5.97 Å². The fourth-order valence-corrected chi connectivity index (χ4v) is 2.32. The van der Waals surface area contributed by atoms with Gasteiger partial charge in [-0.3, -0.25) is 9.78 Å². The molecule has 0 spiro atoms. The number of rotatable bonds is 5. The molecule has 1 unspecified atom stereocenters. The molecular weight excluding hydrogens is 334 g/mol. The number of aliphatic carboxylic acids is 1. The highest BCUT2D eigenvalue weighted by Crippen LogP contribution is 2.25. The second kappa shape index (κ2) is 6.72. The number of pyridine rings is 1. The number of methoxy groups -OCH3 is 1. The van der Waals surface area contributed by atoms with Crippen LogP contribution < -0.4 is 4.74 Å². The summed E-state index contributed by atoms with van der Waals surface area (Å²) in [5.74, 6) is -0.840. The maximum atomic E-state index is 11.6. The molecule has 0 saturated carbocycles. The van der Waals surface area contributed by atoms with Gasteiger partial charge in [0.25, 0.3) is 0 Å². The van der Waals surface area contributed by atoms with Gasteiger partial charge in [-0.05, 0) is 58.6 Å². The van der Waals surface area contributed by atoms with Gasteiger partial charge in [0.15, 0.2) is 0 Å². The van der Waals surface area contributed by atoms with Crippen molar-refractivity contribution < 1.29 is 14.6 Å². The van der Waals surface area contributed by atoms with Crippen LogP contribution in [0, 0.1) is 6.92 Å². The van der Waals surface area contributed by atoms with Crippen LogP contribution in [-0.4, -0.2) is 23.2 Å². The van der Waals surface area contributed by atoms with Gasteiger partial charge in [-0.15, -0.1) is 0 Å². The molecule has 1 N–H and O–H groups in total. The van der Waals surface area contributed by atoms with Crippen LogP contribution in [0.25, 0.3) is 0 Å². The summed E-state index contributed by atoms with van der Waals surface area (Å²) in [5.41, 5.74) is 2.44. The standard InChI is InChI=1S/C16H16BrNO3/c1-10-6-15(18-9-14(10)17)13(16(19)20)8-11-4-3-5-12(7-11)21-2/h3-7,9,13H,8H2,1-2H3,(H,19,20). The number of benzene rings is 1. The van der Waals surface area contributed by atoms with Gasteiger partial charge in [0.1, 0.15) is 11.7 Å². The first kappa shape index (κ1) is 15.5. The summed E-state index contributed by atoms with van der Waals surface area (Å²) in [6.45, 7) is 1.92. The first-order valence-corrected chi connectivity index (χ1v) is 7.28. The summed E-state index contributed by atoms with van der Waals surface area (Å²) in [6, 6.07) is 9.24. The zero-order valence-electron chi connectivity index (χ0n) is 11.8. The average Bonchev–Trinajstić information content (AvgIpc) is 2.47. The number of ether oxygens (including phenoxy) is 1. The Bertz CT molecular complexity index is 658. The van der Waals surface area contributed by atoms with Crippen molar-refractivity contribution in [3.05, 3.63) is 57.8 Å². The average molecular weight is 350 g/mol. The van der Waals surface area contributed by atoms with Crippen LogP contribution in [0.1, 0.15) is 22.7 Å². The molecule has 0 saturated heterocycles. The lowest BCUT2D eigenvalue weighted by Crippen LogP contribution is -2.16. The molecule has 1 atom stereocenters. The predicted octanol–water partition coefficient (Wildman–Crippen LogP) is 3.57. The van der Waals surface area contributed by atoms with Gasteiger partial charge < -0.3 is 9.84 Å². The third-order valence-electron chi connectivity index (χ3n) is 3.30. The summed E-state index contributed by atoms with van der Waals surface area (Å²) in [7, 11) is 1.59. The van der Waals surface area contributed by atoms with Crippen LogP contribution in [0.3, 0.4) is 0 Å². The summed E-state index contributed by atoms with van der Waals surface area (Å²) in [5, 5.41) is 9.49. The highest BCUT2D eigenvalue weighted by Gasteiger charge is 2.22. The number of aryl methyl sites for hydroxylation is 1. The summed E-state index contributed by atoms with van der Waals surface area (Å²) < 4.78 is 6.04. The van der Waals surface area contributed by atoms with Crippen LogP contribution in [0.5, 0.6) is 5.75 Å². The molecule has 1 heterocycles. The predicted molar refractivity (Wildman–Crippen MR) is 83.7 cm³/mol. The Labute approximate surface area is 131 Å². The third kappa shape index (κ3) is 3.82. The summed E-state index contributed by atoms with van der Waals surface area (Å²) in [6.07, 6.45) is 2.02. The Morgan fingerprint density at radius 3 is 2.81 bits per heavy atom. The molecule has 0 radical (unpaired) electrons. The normalized spacial score (nSPS) is 12.0. The van der Waals surface area contributed by atoms with E-state index in [1.165, 1.54) is 0 Å². The fourth-order valence-electron chi connectivity index (χ4n) is 2.11. The third-order valence-corrected chi connectivity index (χ3v) is 4.13. The Kier molecular flexibility index (Phi) is 4.96. The highest BCUT2D eigenvalue weighted by molar-refractivity contribution is 9.10. The molecule has 0 aliphatic heterocycles. The maximum Gasteiger partial charge on any atom is 0.312 e. The number of hydrogen-bond acceptors (Lipinski definition) is 3. The number of carbonyl (C=O) groups is 1. The number of carboxylic acid groups (broad SMARTS) is 1. The van der Waals surface area contributed by atoms with Gasteiger partial charge in [-0.2, -0.15) is 0 Å². The lowest BCUT2D eigenvalue weighted by atomic mass is 9.95. The molecule has 4 nitrogen and oxygen atoms in total. The monoisotopic (exact) mass is 349 g/mol. The molecule has 110 valence electrons. The molecule has 2 rings (SSSR count). The maximum absolute atomic E-state index is 11.6. The van der Waals surface area contributed by atoms with Crippen molar-refractivity contribution in [2.75, 3.05) is 7.11 Å². The van der Waals surface area contributed by atoms with Gasteiger partial charge in [0, 0.05) is 10.7 Å². The van der Waals surface area contributed by atoms with E-state index in [4.69, 9.17) is 4.74 Å². The van der Waals surface area contributed by atoms with E-state index in [2.05, 4.69) is 20.9 Å². The van der Waals surface area contributed by atoms with E-state index in [-0.39, 0.29) is 0 Å². The Morgan fingerprint density at radius 2 is 2.19 bits per heavy atom. The molecule has 0 aliphatic carbocycles. The van der Waals surface area contributed by atoms with Crippen molar-refractivity contribution >= 4 is 21.9 Å². The minimum Gasteiger partial charge on any atom is -0.497 e. The van der Waals surface area contributed by atoms with Crippen LogP contribution in [0.15, 0.2) is 41.0 Å². The van der Waals surface area contributed by atoms with Crippen LogP contribution in [0.2, 0.25) is 0 Å². The Hall–Kier alpha value is -1.88. The number of hydrogen-bond donors (Lipinski definition) is 1. The second-order valence-corrected chi connectivity index (χ2v) is 5.66. The number of carboxylic acids is 1. The Morgan fingerprint density at radius 1 is 1.43 bits per heavy atom. The molecule has 1 aromatic heterocycles. The van der Waals surface area contributed by atoms with Crippen LogP contribution in [0.4, 0.5) is 0 Å². The molecule has 21 heavy (non-hydrogen) atoms. The largest absolute Gasteiger partial charge is 0.497 e. The van der Waals surface area contributed by atoms with Crippen molar-refractivity contribution in [1.82, 2.24) is 4.98 Å². The van der Waals surface area contributed by atoms with E-state index in [0.29, 0.717) is 12.1 Å². The minimum atomic E-state index is -0.882. The van der Waals surface area contributed by atoms with Crippen molar-refractivity contribution in [1.29, 1.82) is 0 Å². The smallest absolute Gasteiger partial charge is 0.312 e. The van der Waals surface area contributed by atoms with E-state index in [1.807, 2.05) is 37.3 Å². The van der Waals surface area contributed by atoms with Gasteiger partial charge in [0.2, 0.25) is 0 Å². The first-order chi connectivity index (χ1) is 10.0.